The quantitative estimate of drug-likeness (QED) is 0.212. The molecule has 0 spiro atoms. The first-order chi connectivity index (χ1) is 17.3. The van der Waals surface area contributed by atoms with Crippen molar-refractivity contribution in [1.82, 2.24) is 0 Å². The van der Waals surface area contributed by atoms with Crippen molar-refractivity contribution in [2.24, 2.45) is 23.5 Å². The van der Waals surface area contributed by atoms with Crippen LogP contribution < -0.4 is 15.2 Å². The zero-order valence-electron chi connectivity index (χ0n) is 22.1. The van der Waals surface area contributed by atoms with Crippen LogP contribution in [0.15, 0.2) is 18.2 Å². The van der Waals surface area contributed by atoms with E-state index in [0.717, 1.165) is 0 Å². The summed E-state index contributed by atoms with van der Waals surface area (Å²) in [4.78, 5) is 47.8. The highest BCUT2D eigenvalue weighted by Gasteiger charge is 2.33. The topological polar surface area (TPSA) is 170 Å². The molecule has 0 amide bonds. The van der Waals surface area contributed by atoms with E-state index in [1.807, 2.05) is 27.7 Å². The number of hydrogen-bond donors (Lipinski definition) is 2. The molecule has 3 N–H and O–H groups in total. The van der Waals surface area contributed by atoms with Gasteiger partial charge in [0.1, 0.15) is 6.04 Å². The van der Waals surface area contributed by atoms with Gasteiger partial charge in [-0.05, 0) is 42.4 Å². The van der Waals surface area contributed by atoms with Gasteiger partial charge in [-0.3, -0.25) is 4.79 Å². The molecule has 0 heterocycles. The van der Waals surface area contributed by atoms with Crippen molar-refractivity contribution in [3.05, 3.63) is 23.8 Å². The standard InChI is InChI=1S/C25H37NO11/c1-7-32-23(29)35-13-16(6)20(21(26)22(27)28)17-8-9-18(36-24(30)33-11-14(2)3)19(10-17)37-25(31)34-12-15(4)5/h8-10,14-16,20-21H,7,11-13,26H2,1-6H3,(H,27,28)/t16?,20?,21-/m0/s1. The summed E-state index contributed by atoms with van der Waals surface area (Å²) in [5.74, 6) is -3.07. The molecule has 0 fully saturated rings. The molecule has 1 aromatic rings. The van der Waals surface area contributed by atoms with Gasteiger partial charge in [-0.1, -0.05) is 40.7 Å². The fourth-order valence-electron chi connectivity index (χ4n) is 3.11. The van der Waals surface area contributed by atoms with E-state index >= 15 is 0 Å². The van der Waals surface area contributed by atoms with Crippen molar-refractivity contribution in [3.8, 4) is 11.5 Å². The third-order valence-electron chi connectivity index (χ3n) is 4.82. The Hall–Kier alpha value is -3.54. The molecule has 0 bridgehead atoms. The summed E-state index contributed by atoms with van der Waals surface area (Å²) in [7, 11) is 0. The molecule has 0 aliphatic heterocycles. The van der Waals surface area contributed by atoms with Gasteiger partial charge in [0.05, 0.1) is 26.4 Å². The average Bonchev–Trinajstić information content (AvgIpc) is 2.81. The van der Waals surface area contributed by atoms with Crippen molar-refractivity contribution in [2.75, 3.05) is 26.4 Å². The van der Waals surface area contributed by atoms with Crippen molar-refractivity contribution in [2.45, 2.75) is 53.5 Å². The number of ether oxygens (including phenoxy) is 6. The molecule has 12 nitrogen and oxygen atoms in total. The van der Waals surface area contributed by atoms with E-state index in [9.17, 15) is 24.3 Å². The molecule has 12 heteroatoms. The van der Waals surface area contributed by atoms with Gasteiger partial charge in [-0.15, -0.1) is 0 Å². The minimum absolute atomic E-state index is 0.0406. The molecule has 37 heavy (non-hydrogen) atoms. The lowest BCUT2D eigenvalue weighted by molar-refractivity contribution is -0.139. The lowest BCUT2D eigenvalue weighted by Crippen LogP contribution is -2.40. The zero-order chi connectivity index (χ0) is 28.1. The molecular formula is C25H37NO11. The van der Waals surface area contributed by atoms with Crippen LogP contribution in [0.25, 0.3) is 0 Å². The van der Waals surface area contributed by atoms with Crippen molar-refractivity contribution < 1.29 is 52.7 Å². The Bertz CT molecular complexity index is 916. The zero-order valence-corrected chi connectivity index (χ0v) is 22.1. The molecule has 1 rings (SSSR count). The van der Waals surface area contributed by atoms with E-state index in [1.165, 1.54) is 18.2 Å². The van der Waals surface area contributed by atoms with Crippen molar-refractivity contribution in [3.63, 3.8) is 0 Å². The van der Waals surface area contributed by atoms with Crippen molar-refractivity contribution >= 4 is 24.4 Å². The Morgan fingerprint density at radius 2 is 1.30 bits per heavy atom. The van der Waals surface area contributed by atoms with Crippen LogP contribution in [0.4, 0.5) is 14.4 Å². The second-order valence-electron chi connectivity index (χ2n) is 9.18. The summed E-state index contributed by atoms with van der Waals surface area (Å²) in [5.41, 5.74) is 6.29. The van der Waals surface area contributed by atoms with E-state index in [2.05, 4.69) is 0 Å². The van der Waals surface area contributed by atoms with Crippen LogP contribution in [-0.4, -0.2) is 62.0 Å². The number of nitrogens with two attached hydrogens (primary N) is 1. The monoisotopic (exact) mass is 527 g/mol. The molecular weight excluding hydrogens is 490 g/mol. The largest absolute Gasteiger partial charge is 0.513 e. The lowest BCUT2D eigenvalue weighted by Gasteiger charge is -2.27. The first kappa shape index (κ1) is 31.5. The van der Waals surface area contributed by atoms with E-state index < -0.39 is 42.3 Å². The average molecular weight is 528 g/mol. The van der Waals surface area contributed by atoms with Crippen LogP contribution in [0.5, 0.6) is 11.5 Å². The van der Waals surface area contributed by atoms with Crippen LogP contribution in [0.3, 0.4) is 0 Å². The Balaban J connectivity index is 3.32. The predicted molar refractivity (Wildman–Crippen MR) is 131 cm³/mol. The second-order valence-corrected chi connectivity index (χ2v) is 9.18. The summed E-state index contributed by atoms with van der Waals surface area (Å²) in [6.45, 7) is 10.7. The van der Waals surface area contributed by atoms with Gasteiger partial charge in [0.15, 0.2) is 11.5 Å². The van der Waals surface area contributed by atoms with Crippen LogP contribution >= 0.6 is 0 Å². The maximum absolute atomic E-state index is 12.3. The Morgan fingerprint density at radius 1 is 0.784 bits per heavy atom. The number of carboxylic acid groups (broad SMARTS) is 1. The number of hydrogen-bond acceptors (Lipinski definition) is 11. The van der Waals surface area contributed by atoms with Crippen LogP contribution in [-0.2, 0) is 23.7 Å². The Morgan fingerprint density at radius 3 is 1.78 bits per heavy atom. The van der Waals surface area contributed by atoms with Gasteiger partial charge < -0.3 is 39.3 Å². The maximum Gasteiger partial charge on any atom is 0.513 e. The molecule has 2 unspecified atom stereocenters. The summed E-state index contributed by atoms with van der Waals surface area (Å²) >= 11 is 0. The molecule has 0 aliphatic rings. The molecule has 1 aromatic carbocycles. The molecule has 0 radical (unpaired) electrons. The smallest absolute Gasteiger partial charge is 0.480 e. The van der Waals surface area contributed by atoms with E-state index in [0.29, 0.717) is 5.56 Å². The Kier molecular flexibility index (Phi) is 13.2. The van der Waals surface area contributed by atoms with E-state index in [-0.39, 0.29) is 49.8 Å². The molecule has 0 aromatic heterocycles. The lowest BCUT2D eigenvalue weighted by atomic mass is 9.82. The highest BCUT2D eigenvalue weighted by atomic mass is 16.7. The highest BCUT2D eigenvalue weighted by Crippen LogP contribution is 2.36. The third-order valence-corrected chi connectivity index (χ3v) is 4.82. The SMILES string of the molecule is CCOC(=O)OCC(C)C(c1ccc(OC(=O)OCC(C)C)c(OC(=O)OCC(C)C)c1)[C@H](N)C(=O)O. The molecule has 0 saturated carbocycles. The van der Waals surface area contributed by atoms with Gasteiger partial charge >= 0.3 is 24.4 Å². The van der Waals surface area contributed by atoms with Gasteiger partial charge in [0, 0.05) is 5.92 Å². The fourth-order valence-corrected chi connectivity index (χ4v) is 3.11. The Labute approximate surface area is 216 Å². The van der Waals surface area contributed by atoms with Crippen molar-refractivity contribution in [1.29, 1.82) is 0 Å². The van der Waals surface area contributed by atoms with E-state index in [4.69, 9.17) is 34.2 Å². The summed E-state index contributed by atoms with van der Waals surface area (Å²) in [6.07, 6.45) is -2.97. The fraction of sp³-hybridized carbons (Fsp3) is 0.600. The minimum atomic E-state index is -1.41. The first-order valence-corrected chi connectivity index (χ1v) is 12.0. The number of rotatable bonds is 13. The summed E-state index contributed by atoms with van der Waals surface area (Å²) < 4.78 is 30.3. The summed E-state index contributed by atoms with van der Waals surface area (Å²) in [6, 6.07) is 2.68. The van der Waals surface area contributed by atoms with Crippen LogP contribution in [0.2, 0.25) is 0 Å². The molecule has 208 valence electrons. The predicted octanol–water partition coefficient (Wildman–Crippen LogP) is 4.33. The van der Waals surface area contributed by atoms with Gasteiger partial charge in [-0.2, -0.15) is 0 Å². The molecule has 0 saturated heterocycles. The van der Waals surface area contributed by atoms with Gasteiger partial charge in [0.25, 0.3) is 0 Å². The third kappa shape index (κ3) is 11.4. The van der Waals surface area contributed by atoms with Gasteiger partial charge in [0.2, 0.25) is 0 Å². The number of aliphatic carboxylic acids is 1. The number of carboxylic acids is 1. The van der Waals surface area contributed by atoms with Gasteiger partial charge in [-0.25, -0.2) is 14.4 Å². The van der Waals surface area contributed by atoms with E-state index in [1.54, 1.807) is 13.8 Å². The normalized spacial score (nSPS) is 13.3. The second kappa shape index (κ2) is 15.5. The first-order valence-electron chi connectivity index (χ1n) is 12.0. The maximum atomic E-state index is 12.3. The van der Waals surface area contributed by atoms with Crippen LogP contribution in [0, 0.1) is 17.8 Å². The number of carbonyl (C=O) groups excluding carboxylic acids is 3. The molecule has 3 atom stereocenters. The summed E-state index contributed by atoms with van der Waals surface area (Å²) in [5, 5.41) is 9.59. The minimum Gasteiger partial charge on any atom is -0.480 e. The molecule has 0 aliphatic carbocycles. The number of carbonyl (C=O) groups is 4. The number of benzene rings is 1. The highest BCUT2D eigenvalue weighted by molar-refractivity contribution is 5.75. The van der Waals surface area contributed by atoms with Crippen LogP contribution in [0.1, 0.15) is 53.0 Å².